The second-order valence-electron chi connectivity index (χ2n) is 3.01. The van der Waals surface area contributed by atoms with Crippen LogP contribution in [0.4, 0.5) is 39.5 Å². The Balaban J connectivity index is 6.46. The van der Waals surface area contributed by atoms with Gasteiger partial charge in [0.1, 0.15) is 0 Å². The highest BCUT2D eigenvalue weighted by Gasteiger charge is 2.84. The molecule has 106 valence electrons. The summed E-state index contributed by atoms with van der Waals surface area (Å²) < 4.78 is 110. The van der Waals surface area contributed by atoms with Gasteiger partial charge < -0.3 is 9.90 Å². The van der Waals surface area contributed by atoms with Crippen LogP contribution in [0.5, 0.6) is 0 Å². The molecule has 0 aliphatic heterocycles. The van der Waals surface area contributed by atoms with Crippen molar-refractivity contribution in [1.29, 1.82) is 0 Å². The molecule has 0 aromatic rings. The fourth-order valence-electron chi connectivity index (χ4n) is 1.15. The third-order valence-electron chi connectivity index (χ3n) is 1.97. The Morgan fingerprint density at radius 2 is 1.00 bits per heavy atom. The van der Waals surface area contributed by atoms with Crippen molar-refractivity contribution in [2.75, 3.05) is 0 Å². The molecular formula is C7H2F9O2-. The molecule has 0 heterocycles. The van der Waals surface area contributed by atoms with Crippen LogP contribution in [0.25, 0.3) is 0 Å². The molecule has 0 N–H and O–H groups in total. The molecule has 0 atom stereocenters. The summed E-state index contributed by atoms with van der Waals surface area (Å²) in [5.74, 6) is -3.30. The van der Waals surface area contributed by atoms with Crippen molar-refractivity contribution in [3.8, 4) is 0 Å². The Morgan fingerprint density at radius 1 is 0.778 bits per heavy atom. The van der Waals surface area contributed by atoms with Gasteiger partial charge in [-0.15, -0.1) is 0 Å². The third-order valence-corrected chi connectivity index (χ3v) is 1.97. The molecule has 18 heavy (non-hydrogen) atoms. The number of carboxylic acid groups (broad SMARTS) is 1. The maximum Gasteiger partial charge on any atom is 0.416 e. The number of hydrogen-bond acceptors (Lipinski definition) is 2. The molecule has 0 amide bonds. The summed E-state index contributed by atoms with van der Waals surface area (Å²) in [5.41, 5.74) is -9.73. The highest BCUT2D eigenvalue weighted by molar-refractivity contribution is 5.86. The summed E-state index contributed by atoms with van der Waals surface area (Å²) >= 11 is 0. The average Bonchev–Trinajstić information content (AvgIpc) is 1.94. The van der Waals surface area contributed by atoms with Crippen LogP contribution in [-0.2, 0) is 4.79 Å². The van der Waals surface area contributed by atoms with Crippen LogP contribution in [0.2, 0.25) is 0 Å². The van der Waals surface area contributed by atoms with Gasteiger partial charge in [0.15, 0.2) is 0 Å². The van der Waals surface area contributed by atoms with Crippen molar-refractivity contribution in [3.05, 3.63) is 12.2 Å². The SMILES string of the molecule is C=C(C(=O)[O-])C(C(F)(F)F)(C(F)(F)F)C(F)(F)F. The summed E-state index contributed by atoms with van der Waals surface area (Å²) in [7, 11) is 0. The van der Waals surface area contributed by atoms with Gasteiger partial charge in [-0.2, -0.15) is 39.5 Å². The minimum Gasteiger partial charge on any atom is -0.545 e. The van der Waals surface area contributed by atoms with Crippen LogP contribution in [0.3, 0.4) is 0 Å². The number of halogens is 9. The quantitative estimate of drug-likeness (QED) is 0.576. The van der Waals surface area contributed by atoms with Gasteiger partial charge in [-0.25, -0.2) is 0 Å². The average molecular weight is 289 g/mol. The molecule has 0 aromatic carbocycles. The maximum atomic E-state index is 12.2. The number of rotatable bonds is 2. The first-order valence-electron chi connectivity index (χ1n) is 3.71. The summed E-state index contributed by atoms with van der Waals surface area (Å²) in [6.45, 7) is 1.70. The molecule has 0 radical (unpaired) electrons. The smallest absolute Gasteiger partial charge is 0.416 e. The molecule has 0 aromatic heterocycles. The van der Waals surface area contributed by atoms with Crippen molar-refractivity contribution in [3.63, 3.8) is 0 Å². The number of aliphatic carboxylic acids is 1. The molecule has 2 nitrogen and oxygen atoms in total. The summed E-state index contributed by atoms with van der Waals surface area (Å²) in [6.07, 6.45) is -21.0. The molecule has 0 fully saturated rings. The number of hydrogen-bond donors (Lipinski definition) is 0. The second-order valence-corrected chi connectivity index (χ2v) is 3.01. The van der Waals surface area contributed by atoms with E-state index in [1.54, 1.807) is 6.58 Å². The van der Waals surface area contributed by atoms with E-state index in [0.29, 0.717) is 0 Å². The van der Waals surface area contributed by atoms with Gasteiger partial charge in [0, 0.05) is 5.57 Å². The topological polar surface area (TPSA) is 40.1 Å². The molecule has 0 rings (SSSR count). The zero-order valence-electron chi connectivity index (χ0n) is 7.93. The molecular weight excluding hydrogens is 287 g/mol. The summed E-state index contributed by atoms with van der Waals surface area (Å²) in [4.78, 5) is 9.98. The van der Waals surface area contributed by atoms with Gasteiger partial charge in [-0.05, 0) is 0 Å². The molecule has 0 spiro atoms. The molecule has 0 saturated carbocycles. The lowest BCUT2D eigenvalue weighted by Crippen LogP contribution is -2.62. The Kier molecular flexibility index (Phi) is 3.73. The highest BCUT2D eigenvalue weighted by atomic mass is 19.4. The van der Waals surface area contributed by atoms with E-state index >= 15 is 0 Å². The van der Waals surface area contributed by atoms with Gasteiger partial charge in [0.05, 0.1) is 5.97 Å². The largest absolute Gasteiger partial charge is 0.545 e. The van der Waals surface area contributed by atoms with Crippen molar-refractivity contribution < 1.29 is 49.4 Å². The predicted molar refractivity (Wildman–Crippen MR) is 34.7 cm³/mol. The first-order valence-corrected chi connectivity index (χ1v) is 3.71. The Bertz CT molecular complexity index is 323. The molecule has 0 aliphatic rings. The van der Waals surface area contributed by atoms with Gasteiger partial charge in [-0.1, -0.05) is 6.58 Å². The van der Waals surface area contributed by atoms with Crippen LogP contribution < -0.4 is 5.11 Å². The van der Waals surface area contributed by atoms with Crippen LogP contribution in [0.15, 0.2) is 12.2 Å². The molecule has 0 saturated heterocycles. The van der Waals surface area contributed by atoms with Gasteiger partial charge in [-0.3, -0.25) is 0 Å². The van der Waals surface area contributed by atoms with E-state index in [4.69, 9.17) is 0 Å². The van der Waals surface area contributed by atoms with Crippen molar-refractivity contribution in [2.24, 2.45) is 5.41 Å². The lowest BCUT2D eigenvalue weighted by Gasteiger charge is -2.40. The first kappa shape index (κ1) is 16.6. The lowest BCUT2D eigenvalue weighted by molar-refractivity contribution is -0.414. The van der Waals surface area contributed by atoms with E-state index in [2.05, 4.69) is 0 Å². The van der Waals surface area contributed by atoms with E-state index in [-0.39, 0.29) is 0 Å². The van der Waals surface area contributed by atoms with E-state index < -0.39 is 35.5 Å². The second kappa shape index (κ2) is 4.05. The number of carbonyl (C=O) groups is 1. The maximum absolute atomic E-state index is 12.2. The summed E-state index contributed by atoms with van der Waals surface area (Å²) in [5, 5.41) is 9.98. The van der Waals surface area contributed by atoms with Crippen molar-refractivity contribution >= 4 is 5.97 Å². The predicted octanol–water partition coefficient (Wildman–Crippen LogP) is 1.97. The normalized spacial score (nSPS) is 14.5. The third kappa shape index (κ3) is 2.12. The Hall–Kier alpha value is -1.42. The molecule has 0 aliphatic carbocycles. The standard InChI is InChI=1S/C7H3F9O2/c1-2(3(17)18)4(5(8,9)10,6(11,12)13)7(14,15)16/h1H2,(H,17,18)/p-1. The number of alkyl halides is 9. The van der Waals surface area contributed by atoms with Gasteiger partial charge in [0.2, 0.25) is 0 Å². The Labute approximate surface area is 92.7 Å². The van der Waals surface area contributed by atoms with E-state index in [1.807, 2.05) is 0 Å². The number of carbonyl (C=O) groups excluding carboxylic acids is 1. The van der Waals surface area contributed by atoms with Crippen molar-refractivity contribution in [1.82, 2.24) is 0 Å². The fraction of sp³-hybridized carbons (Fsp3) is 0.571. The monoisotopic (exact) mass is 289 g/mol. The van der Waals surface area contributed by atoms with Crippen LogP contribution >= 0.6 is 0 Å². The molecule has 11 heteroatoms. The van der Waals surface area contributed by atoms with Crippen LogP contribution in [0, 0.1) is 5.41 Å². The summed E-state index contributed by atoms with van der Waals surface area (Å²) in [6, 6.07) is 0. The minimum atomic E-state index is -6.99. The van der Waals surface area contributed by atoms with E-state index in [0.717, 1.165) is 0 Å². The van der Waals surface area contributed by atoms with Gasteiger partial charge in [0.25, 0.3) is 5.41 Å². The Morgan fingerprint density at radius 3 is 1.06 bits per heavy atom. The van der Waals surface area contributed by atoms with Gasteiger partial charge >= 0.3 is 18.5 Å². The van der Waals surface area contributed by atoms with E-state index in [9.17, 15) is 49.4 Å². The van der Waals surface area contributed by atoms with Crippen LogP contribution in [-0.4, -0.2) is 24.5 Å². The zero-order valence-corrected chi connectivity index (χ0v) is 7.93. The zero-order chi connectivity index (χ0) is 15.2. The number of carboxylic acids is 1. The fourth-order valence-corrected chi connectivity index (χ4v) is 1.15. The van der Waals surface area contributed by atoms with Crippen molar-refractivity contribution in [2.45, 2.75) is 18.5 Å². The van der Waals surface area contributed by atoms with Crippen LogP contribution in [0.1, 0.15) is 0 Å². The van der Waals surface area contributed by atoms with E-state index in [1.165, 1.54) is 0 Å². The first-order chi connectivity index (χ1) is 7.60. The molecule has 0 unspecified atom stereocenters. The highest BCUT2D eigenvalue weighted by Crippen LogP contribution is 2.62. The lowest BCUT2D eigenvalue weighted by atomic mass is 9.78. The minimum absolute atomic E-state index is 1.70. The molecule has 0 bridgehead atoms.